The molecule has 1 heterocycles. The monoisotopic (exact) mass is 280 g/mol. The highest BCUT2D eigenvalue weighted by Crippen LogP contribution is 2.25. The Labute approximate surface area is 100 Å². The number of aryl methyl sites for hydroxylation is 1. The van der Waals surface area contributed by atoms with E-state index in [-0.39, 0.29) is 11.6 Å². The summed E-state index contributed by atoms with van der Waals surface area (Å²) >= 11 is 3.41. The van der Waals surface area contributed by atoms with Gasteiger partial charge in [-0.3, -0.25) is 4.79 Å². The zero-order valence-corrected chi connectivity index (χ0v) is 10.1. The molecule has 2 N–H and O–H groups in total. The Balaban J connectivity index is 2.22. The number of rotatable bonds is 2. The van der Waals surface area contributed by atoms with E-state index in [1.165, 1.54) is 6.20 Å². The van der Waals surface area contributed by atoms with Gasteiger partial charge in [0.25, 0.3) is 5.91 Å². The van der Waals surface area contributed by atoms with Gasteiger partial charge in [-0.1, -0.05) is 12.1 Å². The minimum absolute atomic E-state index is 0.258. The Hall–Kier alpha value is -1.69. The van der Waals surface area contributed by atoms with Crippen molar-refractivity contribution in [1.82, 2.24) is 15.4 Å². The first-order valence-corrected chi connectivity index (χ1v) is 5.40. The van der Waals surface area contributed by atoms with E-state index in [0.29, 0.717) is 5.69 Å². The third-order valence-electron chi connectivity index (χ3n) is 2.09. The predicted octanol–water partition coefficient (Wildman–Crippen LogP) is 2.13. The molecule has 0 bridgehead atoms. The van der Waals surface area contributed by atoms with Crippen molar-refractivity contribution in [2.45, 2.75) is 6.92 Å². The molecule has 5 nitrogen and oxygen atoms in total. The lowest BCUT2D eigenvalue weighted by atomic mass is 10.2. The summed E-state index contributed by atoms with van der Waals surface area (Å²) in [6.07, 6.45) is 1.37. The van der Waals surface area contributed by atoms with Crippen LogP contribution in [0, 0.1) is 6.92 Å². The number of anilines is 1. The molecule has 0 aliphatic rings. The maximum atomic E-state index is 11.7. The number of carbonyl (C=O) groups is 1. The lowest BCUT2D eigenvalue weighted by Gasteiger charge is -2.07. The summed E-state index contributed by atoms with van der Waals surface area (Å²) in [6, 6.07) is 5.64. The summed E-state index contributed by atoms with van der Waals surface area (Å²) in [5.41, 5.74) is 2.03. The zero-order valence-electron chi connectivity index (χ0n) is 8.49. The van der Waals surface area contributed by atoms with Crippen LogP contribution < -0.4 is 5.32 Å². The fourth-order valence-electron chi connectivity index (χ4n) is 1.24. The van der Waals surface area contributed by atoms with Crippen molar-refractivity contribution >= 4 is 27.5 Å². The molecule has 16 heavy (non-hydrogen) atoms. The minimum Gasteiger partial charge on any atom is -0.319 e. The molecular formula is C10H9BrN4O. The van der Waals surface area contributed by atoms with E-state index >= 15 is 0 Å². The van der Waals surface area contributed by atoms with Gasteiger partial charge in [-0.15, -0.1) is 0 Å². The van der Waals surface area contributed by atoms with Crippen LogP contribution in [0.2, 0.25) is 0 Å². The zero-order chi connectivity index (χ0) is 11.5. The summed E-state index contributed by atoms with van der Waals surface area (Å²) in [4.78, 5) is 11.7. The van der Waals surface area contributed by atoms with Gasteiger partial charge in [0, 0.05) is 4.47 Å². The van der Waals surface area contributed by atoms with Crippen LogP contribution in [0.25, 0.3) is 0 Å². The fraction of sp³-hybridized carbons (Fsp3) is 0.100. The summed E-state index contributed by atoms with van der Waals surface area (Å²) in [7, 11) is 0. The first-order valence-electron chi connectivity index (χ1n) is 4.60. The molecule has 0 saturated carbocycles. The van der Waals surface area contributed by atoms with E-state index in [1.54, 1.807) is 0 Å². The second-order valence-electron chi connectivity index (χ2n) is 3.25. The third kappa shape index (κ3) is 2.11. The maximum Gasteiger partial charge on any atom is 0.277 e. The molecule has 82 valence electrons. The van der Waals surface area contributed by atoms with Crippen LogP contribution in [0.5, 0.6) is 0 Å². The minimum atomic E-state index is -0.292. The number of H-pyrrole nitrogens is 1. The number of nitrogens with zero attached hydrogens (tertiary/aromatic N) is 2. The highest BCUT2D eigenvalue weighted by atomic mass is 79.9. The van der Waals surface area contributed by atoms with E-state index in [2.05, 4.69) is 36.7 Å². The second-order valence-corrected chi connectivity index (χ2v) is 4.04. The van der Waals surface area contributed by atoms with Gasteiger partial charge in [0.05, 0.1) is 11.9 Å². The molecule has 0 fully saturated rings. The van der Waals surface area contributed by atoms with Crippen molar-refractivity contribution in [3.63, 3.8) is 0 Å². The van der Waals surface area contributed by atoms with E-state index in [1.807, 2.05) is 25.1 Å². The van der Waals surface area contributed by atoms with E-state index < -0.39 is 0 Å². The Bertz CT molecular complexity index is 510. The van der Waals surface area contributed by atoms with Crippen molar-refractivity contribution in [1.29, 1.82) is 0 Å². The number of carbonyl (C=O) groups excluding carboxylic acids is 1. The molecule has 2 aromatic rings. The van der Waals surface area contributed by atoms with Crippen molar-refractivity contribution in [2.24, 2.45) is 0 Å². The van der Waals surface area contributed by atoms with Crippen molar-refractivity contribution in [3.05, 3.63) is 40.1 Å². The molecule has 0 spiro atoms. The van der Waals surface area contributed by atoms with E-state index in [4.69, 9.17) is 0 Å². The molecule has 0 aliphatic heterocycles. The number of halogens is 1. The summed E-state index contributed by atoms with van der Waals surface area (Å²) < 4.78 is 0.867. The van der Waals surface area contributed by atoms with E-state index in [0.717, 1.165) is 10.0 Å². The molecule has 0 unspecified atom stereocenters. The van der Waals surface area contributed by atoms with Crippen LogP contribution in [-0.4, -0.2) is 21.3 Å². The van der Waals surface area contributed by atoms with Crippen molar-refractivity contribution in [2.75, 3.05) is 5.32 Å². The number of hydrogen-bond acceptors (Lipinski definition) is 3. The Morgan fingerprint density at radius 3 is 3.00 bits per heavy atom. The standard InChI is InChI=1S/C10H9BrN4O/c1-6-3-2-4-7(9(6)11)13-10(16)8-5-12-15-14-8/h2-5H,1H3,(H,13,16)(H,12,14,15). The lowest BCUT2D eigenvalue weighted by Crippen LogP contribution is -2.12. The highest BCUT2D eigenvalue weighted by Gasteiger charge is 2.11. The van der Waals surface area contributed by atoms with Gasteiger partial charge in [0.1, 0.15) is 0 Å². The second kappa shape index (κ2) is 4.44. The summed E-state index contributed by atoms with van der Waals surface area (Å²) in [5.74, 6) is -0.292. The smallest absolute Gasteiger partial charge is 0.277 e. The number of hydrogen-bond donors (Lipinski definition) is 2. The van der Waals surface area contributed by atoms with Gasteiger partial charge in [0.15, 0.2) is 5.69 Å². The summed E-state index contributed by atoms with van der Waals surface area (Å²) in [6.45, 7) is 1.95. The molecule has 2 rings (SSSR count). The van der Waals surface area contributed by atoms with Gasteiger partial charge in [-0.05, 0) is 34.5 Å². The fourth-order valence-corrected chi connectivity index (χ4v) is 1.60. The predicted molar refractivity (Wildman–Crippen MR) is 63.2 cm³/mol. The molecule has 1 aromatic heterocycles. The van der Waals surface area contributed by atoms with Gasteiger partial charge < -0.3 is 5.32 Å². The quantitative estimate of drug-likeness (QED) is 0.885. The van der Waals surface area contributed by atoms with E-state index in [9.17, 15) is 4.79 Å². The van der Waals surface area contributed by atoms with Gasteiger partial charge >= 0.3 is 0 Å². The Morgan fingerprint density at radius 1 is 1.50 bits per heavy atom. The molecule has 0 aliphatic carbocycles. The van der Waals surface area contributed by atoms with Crippen LogP contribution in [0.3, 0.4) is 0 Å². The molecular weight excluding hydrogens is 272 g/mol. The largest absolute Gasteiger partial charge is 0.319 e. The van der Waals surface area contributed by atoms with Gasteiger partial charge in [0.2, 0.25) is 0 Å². The third-order valence-corrected chi connectivity index (χ3v) is 3.14. The topological polar surface area (TPSA) is 70.7 Å². The molecule has 1 aromatic carbocycles. The number of benzene rings is 1. The van der Waals surface area contributed by atoms with Crippen molar-refractivity contribution < 1.29 is 4.79 Å². The molecule has 0 radical (unpaired) electrons. The Kier molecular flexibility index (Phi) is 3.00. The number of nitrogens with one attached hydrogen (secondary N) is 2. The van der Waals surface area contributed by atoms with Crippen molar-refractivity contribution in [3.8, 4) is 0 Å². The first-order chi connectivity index (χ1) is 7.68. The average Bonchev–Trinajstić information content (AvgIpc) is 2.78. The first kappa shape index (κ1) is 10.8. The highest BCUT2D eigenvalue weighted by molar-refractivity contribution is 9.10. The average molecular weight is 281 g/mol. The maximum absolute atomic E-state index is 11.7. The van der Waals surface area contributed by atoms with Crippen LogP contribution in [0.1, 0.15) is 16.1 Å². The molecule has 0 atom stereocenters. The molecule has 1 amide bonds. The SMILES string of the molecule is Cc1cccc(NC(=O)c2cn[nH]n2)c1Br. The lowest BCUT2D eigenvalue weighted by molar-refractivity contribution is 0.102. The summed E-state index contributed by atoms with van der Waals surface area (Å²) in [5, 5.41) is 12.4. The number of aromatic amines is 1. The van der Waals surface area contributed by atoms with Gasteiger partial charge in [-0.25, -0.2) is 0 Å². The normalized spacial score (nSPS) is 10.1. The molecule has 6 heteroatoms. The number of amides is 1. The van der Waals surface area contributed by atoms with Gasteiger partial charge in [-0.2, -0.15) is 15.4 Å². The van der Waals surface area contributed by atoms with Crippen LogP contribution in [0.15, 0.2) is 28.9 Å². The number of aromatic nitrogens is 3. The Morgan fingerprint density at radius 2 is 2.31 bits per heavy atom. The molecule has 0 saturated heterocycles. The van der Waals surface area contributed by atoms with Crippen LogP contribution in [0.4, 0.5) is 5.69 Å². The van der Waals surface area contributed by atoms with Crippen LogP contribution >= 0.6 is 15.9 Å². The van der Waals surface area contributed by atoms with Crippen LogP contribution in [-0.2, 0) is 0 Å².